The highest BCUT2D eigenvalue weighted by atomic mass is 32.2. The van der Waals surface area contributed by atoms with Crippen molar-refractivity contribution in [2.24, 2.45) is 5.16 Å². The Morgan fingerprint density at radius 3 is 2.20 bits per heavy atom. The molecule has 1 rings (SSSR count). The molecule has 0 heterocycles. The first-order valence-electron chi connectivity index (χ1n) is 5.03. The summed E-state index contributed by atoms with van der Waals surface area (Å²) in [5.41, 5.74) is 4.64. The van der Waals surface area contributed by atoms with Gasteiger partial charge in [-0.3, -0.25) is 0 Å². The van der Waals surface area contributed by atoms with Crippen LogP contribution in [0.1, 0.15) is 29.2 Å². The van der Waals surface area contributed by atoms with Gasteiger partial charge in [0, 0.05) is 5.56 Å². The largest absolute Gasteiger partial charge is 0.410 e. The summed E-state index contributed by atoms with van der Waals surface area (Å²) >= 11 is 1.56. The fraction of sp³-hybridized carbons (Fsp3) is 0.417. The van der Waals surface area contributed by atoms with Crippen molar-refractivity contribution in [2.75, 3.05) is 5.75 Å². The molecule has 1 N–H and O–H groups in total. The average Bonchev–Trinajstić information content (AvgIpc) is 2.14. The summed E-state index contributed by atoms with van der Waals surface area (Å²) in [6, 6.07) is 4.23. The zero-order valence-corrected chi connectivity index (χ0v) is 10.5. The van der Waals surface area contributed by atoms with Crippen molar-refractivity contribution in [1.82, 2.24) is 0 Å². The van der Waals surface area contributed by atoms with Crippen LogP contribution in [0, 0.1) is 20.8 Å². The number of nitrogens with zero attached hydrogens (tertiary/aromatic N) is 1. The van der Waals surface area contributed by atoms with Crippen LogP contribution < -0.4 is 0 Å². The second kappa shape index (κ2) is 5.21. The number of benzene rings is 1. The average molecular weight is 223 g/mol. The molecule has 0 amide bonds. The van der Waals surface area contributed by atoms with Crippen molar-refractivity contribution in [1.29, 1.82) is 0 Å². The van der Waals surface area contributed by atoms with Crippen LogP contribution in [-0.2, 0) is 0 Å². The molecule has 0 aliphatic rings. The summed E-state index contributed by atoms with van der Waals surface area (Å²) in [5, 5.41) is 13.1. The van der Waals surface area contributed by atoms with Crippen LogP contribution in [0.3, 0.4) is 0 Å². The first-order chi connectivity index (χ1) is 7.10. The van der Waals surface area contributed by atoms with Gasteiger partial charge in [-0.1, -0.05) is 29.8 Å². The molecule has 1 aromatic carbocycles. The van der Waals surface area contributed by atoms with E-state index in [9.17, 15) is 0 Å². The maximum atomic E-state index is 9.00. The lowest BCUT2D eigenvalue weighted by atomic mass is 10.0. The Bertz CT molecular complexity index is 362. The van der Waals surface area contributed by atoms with E-state index in [0.717, 1.165) is 11.3 Å². The minimum atomic E-state index is 0.715. The van der Waals surface area contributed by atoms with E-state index in [1.54, 1.807) is 11.8 Å². The smallest absolute Gasteiger partial charge is 0.143 e. The van der Waals surface area contributed by atoms with Gasteiger partial charge in [0.25, 0.3) is 0 Å². The number of oxime groups is 1. The molecule has 0 aromatic heterocycles. The lowest BCUT2D eigenvalue weighted by Crippen LogP contribution is -2.03. The van der Waals surface area contributed by atoms with Crippen LogP contribution in [0.5, 0.6) is 0 Å². The molecule has 1 aromatic rings. The quantitative estimate of drug-likeness (QED) is 0.360. The van der Waals surface area contributed by atoms with Gasteiger partial charge in [0.15, 0.2) is 0 Å². The molecule has 0 bridgehead atoms. The Kier molecular flexibility index (Phi) is 4.21. The van der Waals surface area contributed by atoms with Gasteiger partial charge in [0.2, 0.25) is 0 Å². The molecule has 82 valence electrons. The molecule has 0 unspecified atom stereocenters. The first kappa shape index (κ1) is 12.1. The van der Waals surface area contributed by atoms with E-state index >= 15 is 0 Å². The third-order valence-electron chi connectivity index (χ3n) is 2.26. The van der Waals surface area contributed by atoms with E-state index in [-0.39, 0.29) is 0 Å². The van der Waals surface area contributed by atoms with Gasteiger partial charge in [-0.05, 0) is 37.7 Å². The van der Waals surface area contributed by atoms with Crippen LogP contribution in [-0.4, -0.2) is 16.0 Å². The van der Waals surface area contributed by atoms with Crippen molar-refractivity contribution in [2.45, 2.75) is 27.7 Å². The number of rotatable bonds is 2. The molecule has 15 heavy (non-hydrogen) atoms. The van der Waals surface area contributed by atoms with Crippen LogP contribution in [0.2, 0.25) is 0 Å². The minimum absolute atomic E-state index is 0.715. The van der Waals surface area contributed by atoms with Crippen molar-refractivity contribution in [3.8, 4) is 0 Å². The van der Waals surface area contributed by atoms with Gasteiger partial charge in [0.05, 0.1) is 0 Å². The van der Waals surface area contributed by atoms with Gasteiger partial charge in [-0.2, -0.15) is 0 Å². The van der Waals surface area contributed by atoms with Crippen LogP contribution >= 0.6 is 11.8 Å². The third kappa shape index (κ3) is 2.75. The van der Waals surface area contributed by atoms with Crippen LogP contribution in [0.15, 0.2) is 17.3 Å². The van der Waals surface area contributed by atoms with Crippen molar-refractivity contribution in [3.63, 3.8) is 0 Å². The molecule has 0 spiro atoms. The Morgan fingerprint density at radius 2 is 1.80 bits per heavy atom. The summed E-state index contributed by atoms with van der Waals surface area (Å²) in [7, 11) is 0. The van der Waals surface area contributed by atoms with E-state index in [2.05, 4.69) is 45.0 Å². The van der Waals surface area contributed by atoms with E-state index in [0.29, 0.717) is 5.04 Å². The molecule has 3 heteroatoms. The Labute approximate surface area is 95.4 Å². The first-order valence-corrected chi connectivity index (χ1v) is 6.01. The van der Waals surface area contributed by atoms with Crippen molar-refractivity contribution >= 4 is 16.8 Å². The van der Waals surface area contributed by atoms with Crippen LogP contribution in [0.4, 0.5) is 0 Å². The highest BCUT2D eigenvalue weighted by molar-refractivity contribution is 8.14. The monoisotopic (exact) mass is 223 g/mol. The SMILES string of the molecule is CCS/C(=N/O)c1c(C)cc(C)cc1C. The molecular weight excluding hydrogens is 206 g/mol. The molecule has 0 radical (unpaired) electrons. The third-order valence-corrected chi connectivity index (χ3v) is 3.11. The van der Waals surface area contributed by atoms with E-state index < -0.39 is 0 Å². The summed E-state index contributed by atoms with van der Waals surface area (Å²) in [6.45, 7) is 8.23. The predicted octanol–water partition coefficient (Wildman–Crippen LogP) is 3.50. The summed E-state index contributed by atoms with van der Waals surface area (Å²) in [6.07, 6.45) is 0. The maximum absolute atomic E-state index is 9.00. The Hall–Kier alpha value is -0.960. The van der Waals surface area contributed by atoms with Crippen LogP contribution in [0.25, 0.3) is 0 Å². The molecule has 0 aliphatic carbocycles. The lowest BCUT2D eigenvalue weighted by molar-refractivity contribution is 0.321. The fourth-order valence-electron chi connectivity index (χ4n) is 1.81. The van der Waals surface area contributed by atoms with Gasteiger partial charge < -0.3 is 5.21 Å². The molecule has 0 aliphatic heterocycles. The topological polar surface area (TPSA) is 32.6 Å². The molecule has 0 fully saturated rings. The van der Waals surface area contributed by atoms with E-state index in [1.165, 1.54) is 16.7 Å². The standard InChI is InChI=1S/C12H17NOS/c1-5-15-12(13-14)11-9(3)6-8(2)7-10(11)4/h6-7,14H,5H2,1-4H3/b13-12+. The summed E-state index contributed by atoms with van der Waals surface area (Å²) in [4.78, 5) is 0. The predicted molar refractivity (Wildman–Crippen MR) is 67.1 cm³/mol. The fourth-order valence-corrected chi connectivity index (χ4v) is 2.60. The van der Waals surface area contributed by atoms with Crippen molar-refractivity contribution < 1.29 is 5.21 Å². The molecular formula is C12H17NOS. The second-order valence-electron chi connectivity index (χ2n) is 3.61. The lowest BCUT2D eigenvalue weighted by Gasteiger charge is -2.11. The number of hydrogen-bond acceptors (Lipinski definition) is 3. The minimum Gasteiger partial charge on any atom is -0.410 e. The van der Waals surface area contributed by atoms with Gasteiger partial charge in [0.1, 0.15) is 5.04 Å². The summed E-state index contributed by atoms with van der Waals surface area (Å²) < 4.78 is 0. The van der Waals surface area contributed by atoms with Gasteiger partial charge in [-0.25, -0.2) is 0 Å². The second-order valence-corrected chi connectivity index (χ2v) is 4.86. The molecule has 0 atom stereocenters. The Morgan fingerprint density at radius 1 is 1.27 bits per heavy atom. The number of thioether (sulfide) groups is 1. The van der Waals surface area contributed by atoms with E-state index in [1.807, 2.05) is 0 Å². The normalized spacial score (nSPS) is 11.9. The Balaban J connectivity index is 3.24. The van der Waals surface area contributed by atoms with E-state index in [4.69, 9.17) is 5.21 Å². The molecule has 0 saturated carbocycles. The number of aryl methyl sites for hydroxylation is 3. The highest BCUT2D eigenvalue weighted by Gasteiger charge is 2.11. The maximum Gasteiger partial charge on any atom is 0.143 e. The van der Waals surface area contributed by atoms with Gasteiger partial charge in [-0.15, -0.1) is 11.8 Å². The van der Waals surface area contributed by atoms with Crippen molar-refractivity contribution in [3.05, 3.63) is 34.4 Å². The van der Waals surface area contributed by atoms with Gasteiger partial charge >= 0.3 is 0 Å². The highest BCUT2D eigenvalue weighted by Crippen LogP contribution is 2.22. The molecule has 0 saturated heterocycles. The zero-order valence-electron chi connectivity index (χ0n) is 9.66. The number of hydrogen-bond donors (Lipinski definition) is 1. The molecule has 2 nitrogen and oxygen atoms in total. The zero-order chi connectivity index (χ0) is 11.4. The summed E-state index contributed by atoms with van der Waals surface area (Å²) in [5.74, 6) is 0.909.